The number of hydrogen-bond acceptors (Lipinski definition) is 2. The molecule has 0 aromatic rings. The van der Waals surface area contributed by atoms with Gasteiger partial charge in [-0.1, -0.05) is 5.11 Å². The first-order chi connectivity index (χ1) is 5.40. The molecule has 3 atom stereocenters. The number of hydrogen-bond donors (Lipinski definition) is 0. The summed E-state index contributed by atoms with van der Waals surface area (Å²) in [7, 11) is 0. The summed E-state index contributed by atoms with van der Waals surface area (Å²) in [4.78, 5) is 2.75. The molecule has 0 radical (unpaired) electrons. The van der Waals surface area contributed by atoms with Crippen molar-refractivity contribution in [2.24, 2.45) is 11.0 Å². The van der Waals surface area contributed by atoms with E-state index in [4.69, 9.17) is 10.3 Å². The molecule has 1 saturated carbocycles. The van der Waals surface area contributed by atoms with E-state index in [0.717, 1.165) is 12.8 Å². The van der Waals surface area contributed by atoms with E-state index in [1.807, 2.05) is 0 Å². The Labute approximate surface area is 65.2 Å². The van der Waals surface area contributed by atoms with Crippen LogP contribution in [0.4, 0.5) is 0 Å². The molecule has 3 unspecified atom stereocenters. The molecule has 4 heteroatoms. The summed E-state index contributed by atoms with van der Waals surface area (Å²) in [5.74, 6) is 0.578. The molecule has 1 saturated heterocycles. The van der Waals surface area contributed by atoms with Crippen molar-refractivity contribution >= 4 is 0 Å². The molecule has 4 nitrogen and oxygen atoms in total. The number of epoxide rings is 1. The van der Waals surface area contributed by atoms with Gasteiger partial charge < -0.3 is 4.74 Å². The van der Waals surface area contributed by atoms with Crippen molar-refractivity contribution in [2.45, 2.75) is 31.5 Å². The summed E-state index contributed by atoms with van der Waals surface area (Å²) in [6.07, 6.45) is 4.49. The van der Waals surface area contributed by atoms with Crippen molar-refractivity contribution in [1.82, 2.24) is 0 Å². The fourth-order valence-corrected chi connectivity index (χ4v) is 1.80. The number of rotatable bonds is 2. The fraction of sp³-hybridized carbons (Fsp3) is 1.00. The van der Waals surface area contributed by atoms with Gasteiger partial charge in [0.15, 0.2) is 0 Å². The Morgan fingerprint density at radius 2 is 2.36 bits per heavy atom. The lowest BCUT2D eigenvalue weighted by Crippen LogP contribution is -2.15. The highest BCUT2D eigenvalue weighted by Gasteiger charge is 2.43. The third-order valence-electron chi connectivity index (χ3n) is 2.52. The lowest BCUT2D eigenvalue weighted by atomic mass is 9.89. The smallest absolute Gasteiger partial charge is 0.0844 e. The normalized spacial score (nSPS) is 40.5. The summed E-state index contributed by atoms with van der Waals surface area (Å²) in [6, 6.07) is 0. The van der Waals surface area contributed by atoms with E-state index in [9.17, 15) is 0 Å². The monoisotopic (exact) mass is 153 g/mol. The van der Waals surface area contributed by atoms with Crippen LogP contribution in [0.2, 0.25) is 0 Å². The molecule has 60 valence electrons. The van der Waals surface area contributed by atoms with Crippen LogP contribution >= 0.6 is 0 Å². The van der Waals surface area contributed by atoms with Crippen molar-refractivity contribution in [3.63, 3.8) is 0 Å². The van der Waals surface area contributed by atoms with Crippen LogP contribution in [0.15, 0.2) is 5.11 Å². The topological polar surface area (TPSA) is 61.3 Å². The third kappa shape index (κ3) is 1.47. The predicted octanol–water partition coefficient (Wildman–Crippen LogP) is 1.86. The summed E-state index contributed by atoms with van der Waals surface area (Å²) in [5, 5.41) is 3.57. The Morgan fingerprint density at radius 1 is 1.45 bits per heavy atom. The fourth-order valence-electron chi connectivity index (χ4n) is 1.80. The highest BCUT2D eigenvalue weighted by Crippen LogP contribution is 2.39. The first-order valence-corrected chi connectivity index (χ1v) is 4.06. The molecule has 0 amide bonds. The molecule has 1 aliphatic carbocycles. The molecule has 2 rings (SSSR count). The predicted molar refractivity (Wildman–Crippen MR) is 40.0 cm³/mol. The second kappa shape index (κ2) is 2.72. The van der Waals surface area contributed by atoms with Crippen LogP contribution in [0.5, 0.6) is 0 Å². The minimum atomic E-state index is 0.502. The quantitative estimate of drug-likeness (QED) is 0.258. The first-order valence-electron chi connectivity index (χ1n) is 4.06. The van der Waals surface area contributed by atoms with Gasteiger partial charge in [0.1, 0.15) is 0 Å². The zero-order chi connectivity index (χ0) is 7.68. The van der Waals surface area contributed by atoms with Crippen LogP contribution in [0, 0.1) is 5.92 Å². The first kappa shape index (κ1) is 6.95. The molecule has 0 N–H and O–H groups in total. The Kier molecular flexibility index (Phi) is 1.72. The highest BCUT2D eigenvalue weighted by atomic mass is 16.6. The van der Waals surface area contributed by atoms with Gasteiger partial charge in [-0.05, 0) is 30.7 Å². The summed E-state index contributed by atoms with van der Waals surface area (Å²) >= 11 is 0. The summed E-state index contributed by atoms with van der Waals surface area (Å²) < 4.78 is 5.35. The van der Waals surface area contributed by atoms with E-state index in [1.54, 1.807) is 0 Å². The Hall–Kier alpha value is -0.730. The molecule has 11 heavy (non-hydrogen) atoms. The number of azide groups is 1. The lowest BCUT2D eigenvalue weighted by molar-refractivity contribution is 0.363. The van der Waals surface area contributed by atoms with Gasteiger partial charge in [-0.2, -0.15) is 0 Å². The standard InChI is InChI=1S/C7H11N3O/c8-10-9-4-5-1-2-6-7(3-5)11-6/h5-7H,1-4H2. The summed E-state index contributed by atoms with van der Waals surface area (Å²) in [5.41, 5.74) is 8.10. The van der Waals surface area contributed by atoms with Gasteiger partial charge >= 0.3 is 0 Å². The molecule has 0 aromatic heterocycles. The molecule has 1 aliphatic heterocycles. The number of ether oxygens (including phenoxy) is 1. The van der Waals surface area contributed by atoms with Crippen LogP contribution in [0.25, 0.3) is 10.4 Å². The third-order valence-corrected chi connectivity index (χ3v) is 2.52. The average molecular weight is 153 g/mol. The van der Waals surface area contributed by atoms with Gasteiger partial charge in [-0.15, -0.1) is 0 Å². The zero-order valence-electron chi connectivity index (χ0n) is 6.31. The Balaban J connectivity index is 1.80. The molecule has 0 spiro atoms. The molecule has 2 aliphatic rings. The van der Waals surface area contributed by atoms with Gasteiger partial charge in [0.2, 0.25) is 0 Å². The van der Waals surface area contributed by atoms with Gasteiger partial charge in [-0.3, -0.25) is 0 Å². The van der Waals surface area contributed by atoms with Crippen molar-refractivity contribution in [1.29, 1.82) is 0 Å². The van der Waals surface area contributed by atoms with Crippen molar-refractivity contribution in [3.8, 4) is 0 Å². The van der Waals surface area contributed by atoms with Gasteiger partial charge in [0, 0.05) is 11.5 Å². The van der Waals surface area contributed by atoms with E-state index < -0.39 is 0 Å². The van der Waals surface area contributed by atoms with Crippen molar-refractivity contribution < 1.29 is 4.74 Å². The molecular formula is C7H11N3O. The maximum Gasteiger partial charge on any atom is 0.0844 e. The molecule has 1 heterocycles. The lowest BCUT2D eigenvalue weighted by Gasteiger charge is -2.15. The molecule has 2 fully saturated rings. The second-order valence-corrected chi connectivity index (χ2v) is 3.31. The highest BCUT2D eigenvalue weighted by molar-refractivity contribution is 4.92. The van der Waals surface area contributed by atoms with E-state index >= 15 is 0 Å². The number of nitrogens with zero attached hydrogens (tertiary/aromatic N) is 3. The zero-order valence-corrected chi connectivity index (χ0v) is 6.31. The van der Waals surface area contributed by atoms with Gasteiger partial charge in [0.25, 0.3) is 0 Å². The molecule has 0 aromatic carbocycles. The minimum absolute atomic E-state index is 0.502. The minimum Gasteiger partial charge on any atom is -0.370 e. The SMILES string of the molecule is [N-]=[N+]=NCC1CCC2OC2C1. The van der Waals surface area contributed by atoms with Crippen LogP contribution < -0.4 is 0 Å². The summed E-state index contributed by atoms with van der Waals surface area (Å²) in [6.45, 7) is 0.656. The van der Waals surface area contributed by atoms with E-state index in [1.165, 1.54) is 6.42 Å². The Morgan fingerprint density at radius 3 is 3.09 bits per heavy atom. The van der Waals surface area contributed by atoms with Crippen LogP contribution in [-0.4, -0.2) is 18.8 Å². The largest absolute Gasteiger partial charge is 0.370 e. The van der Waals surface area contributed by atoms with Crippen LogP contribution in [0.3, 0.4) is 0 Å². The van der Waals surface area contributed by atoms with E-state index in [2.05, 4.69) is 10.0 Å². The average Bonchev–Trinajstić information content (AvgIpc) is 2.78. The second-order valence-electron chi connectivity index (χ2n) is 3.31. The molecule has 0 bridgehead atoms. The van der Waals surface area contributed by atoms with E-state index in [0.29, 0.717) is 24.7 Å². The van der Waals surface area contributed by atoms with Crippen molar-refractivity contribution in [3.05, 3.63) is 10.4 Å². The van der Waals surface area contributed by atoms with E-state index in [-0.39, 0.29) is 0 Å². The van der Waals surface area contributed by atoms with Gasteiger partial charge in [-0.25, -0.2) is 0 Å². The van der Waals surface area contributed by atoms with Crippen LogP contribution in [0.1, 0.15) is 19.3 Å². The number of fused-ring (bicyclic) bond motifs is 1. The molecular weight excluding hydrogens is 142 g/mol. The van der Waals surface area contributed by atoms with Crippen molar-refractivity contribution in [2.75, 3.05) is 6.54 Å². The van der Waals surface area contributed by atoms with Crippen LogP contribution in [-0.2, 0) is 4.74 Å². The van der Waals surface area contributed by atoms with Gasteiger partial charge in [0.05, 0.1) is 12.2 Å². The Bertz CT molecular complexity index is 200. The maximum absolute atomic E-state index is 8.10. The maximum atomic E-state index is 8.10.